The highest BCUT2D eigenvalue weighted by Crippen LogP contribution is 2.33. The molecule has 9 nitrogen and oxygen atoms in total. The van der Waals surface area contributed by atoms with Gasteiger partial charge in [-0.1, -0.05) is 12.1 Å². The lowest BCUT2D eigenvalue weighted by molar-refractivity contribution is -0.277. The van der Waals surface area contributed by atoms with Gasteiger partial charge < -0.3 is 34.6 Å². The lowest BCUT2D eigenvalue weighted by Crippen LogP contribution is -2.60. The van der Waals surface area contributed by atoms with Crippen LogP contribution >= 0.6 is 0 Å². The predicted octanol–water partition coefficient (Wildman–Crippen LogP) is 0.649. The van der Waals surface area contributed by atoms with Crippen LogP contribution in [0.1, 0.15) is 16.8 Å². The van der Waals surface area contributed by atoms with Crippen molar-refractivity contribution in [2.45, 2.75) is 44.1 Å². The minimum absolute atomic E-state index is 0.414. The van der Waals surface area contributed by atoms with Crippen LogP contribution in [0.25, 0.3) is 10.9 Å². The van der Waals surface area contributed by atoms with Gasteiger partial charge in [-0.25, -0.2) is 0 Å². The first-order valence-electron chi connectivity index (χ1n) is 9.99. The van der Waals surface area contributed by atoms with Crippen molar-refractivity contribution in [3.63, 3.8) is 0 Å². The first-order valence-corrected chi connectivity index (χ1v) is 9.99. The standard InChI is InChI=1S/C22H26N2O7/c1-11-7-14-18(15(24-23-14)9-12-3-5-13(29-2)6-4-12)16(8-11)30-22-21(28)20(27)19(26)17(10-25)31-22/h3-8,17,19-22,25-28H,9-10H2,1-2H3,(H,23,24)/t17-,19-,20+,21-,22-/m1/s1. The number of H-pyrrole nitrogens is 1. The van der Waals surface area contributed by atoms with Gasteiger partial charge in [-0.2, -0.15) is 5.10 Å². The summed E-state index contributed by atoms with van der Waals surface area (Å²) in [5, 5.41) is 48.0. The van der Waals surface area contributed by atoms with Gasteiger partial charge in [0.2, 0.25) is 6.29 Å². The molecule has 0 spiro atoms. The topological polar surface area (TPSA) is 137 Å². The van der Waals surface area contributed by atoms with Gasteiger partial charge in [0.1, 0.15) is 35.9 Å². The number of hydrogen-bond acceptors (Lipinski definition) is 8. The Labute approximate surface area is 178 Å². The molecule has 2 heterocycles. The number of rotatable bonds is 6. The first-order chi connectivity index (χ1) is 14.9. The summed E-state index contributed by atoms with van der Waals surface area (Å²) in [5.74, 6) is 1.18. The van der Waals surface area contributed by atoms with Gasteiger partial charge in [0.25, 0.3) is 0 Å². The summed E-state index contributed by atoms with van der Waals surface area (Å²) in [6.07, 6.45) is -6.23. The highest BCUT2D eigenvalue weighted by atomic mass is 16.7. The number of aryl methyl sites for hydroxylation is 1. The van der Waals surface area contributed by atoms with Gasteiger partial charge in [0, 0.05) is 6.42 Å². The van der Waals surface area contributed by atoms with E-state index in [9.17, 15) is 20.4 Å². The average Bonchev–Trinajstić information content (AvgIpc) is 3.17. The fourth-order valence-electron chi connectivity index (χ4n) is 3.77. The fraction of sp³-hybridized carbons (Fsp3) is 0.409. The van der Waals surface area contributed by atoms with Crippen LogP contribution in [0.2, 0.25) is 0 Å². The molecule has 2 aromatic carbocycles. The second-order valence-corrected chi connectivity index (χ2v) is 7.70. The zero-order valence-corrected chi connectivity index (χ0v) is 17.2. The Bertz CT molecular complexity index is 1030. The van der Waals surface area contributed by atoms with E-state index in [0.717, 1.165) is 28.0 Å². The molecule has 9 heteroatoms. The maximum absolute atomic E-state index is 10.4. The third-order valence-corrected chi connectivity index (χ3v) is 5.47. The zero-order chi connectivity index (χ0) is 22.1. The van der Waals surface area contributed by atoms with Crippen LogP contribution in [0.3, 0.4) is 0 Å². The molecule has 3 aromatic rings. The summed E-state index contributed by atoms with van der Waals surface area (Å²) >= 11 is 0. The largest absolute Gasteiger partial charge is 0.497 e. The van der Waals surface area contributed by atoms with Crippen LogP contribution in [-0.4, -0.2) is 75.0 Å². The molecule has 1 aliphatic heterocycles. The Kier molecular flexibility index (Phi) is 6.12. The van der Waals surface area contributed by atoms with Gasteiger partial charge in [0.05, 0.1) is 30.3 Å². The number of methoxy groups -OCH3 is 1. The van der Waals surface area contributed by atoms with E-state index in [-0.39, 0.29) is 0 Å². The number of aliphatic hydroxyl groups excluding tert-OH is 4. The highest BCUT2D eigenvalue weighted by molar-refractivity contribution is 5.88. The van der Waals surface area contributed by atoms with E-state index in [1.165, 1.54) is 0 Å². The molecular formula is C22H26N2O7. The van der Waals surface area contributed by atoms with Crippen LogP contribution in [0, 0.1) is 6.92 Å². The summed E-state index contributed by atoms with van der Waals surface area (Å²) in [7, 11) is 1.61. The Morgan fingerprint density at radius 1 is 1.06 bits per heavy atom. The number of nitrogens with one attached hydrogen (secondary N) is 1. The van der Waals surface area contributed by atoms with Crippen LogP contribution in [0.4, 0.5) is 0 Å². The van der Waals surface area contributed by atoms with Gasteiger partial charge in [0.15, 0.2) is 0 Å². The van der Waals surface area contributed by atoms with E-state index in [0.29, 0.717) is 17.7 Å². The van der Waals surface area contributed by atoms with E-state index in [4.69, 9.17) is 14.2 Å². The molecule has 166 valence electrons. The van der Waals surface area contributed by atoms with E-state index in [2.05, 4.69) is 10.2 Å². The summed E-state index contributed by atoms with van der Waals surface area (Å²) in [6.45, 7) is 1.36. The van der Waals surface area contributed by atoms with Crippen molar-refractivity contribution in [3.8, 4) is 11.5 Å². The van der Waals surface area contributed by atoms with E-state index in [1.807, 2.05) is 37.3 Å². The number of benzene rings is 2. The summed E-state index contributed by atoms with van der Waals surface area (Å²) in [5.41, 5.74) is 3.41. The van der Waals surface area contributed by atoms with Crippen LogP contribution in [0.5, 0.6) is 11.5 Å². The van der Waals surface area contributed by atoms with Gasteiger partial charge >= 0.3 is 0 Å². The Balaban J connectivity index is 1.66. The van der Waals surface area contributed by atoms with Gasteiger partial charge in [-0.05, 0) is 42.3 Å². The molecule has 1 fully saturated rings. The van der Waals surface area contributed by atoms with Crippen LogP contribution in [0.15, 0.2) is 36.4 Å². The van der Waals surface area contributed by atoms with Crippen LogP contribution in [-0.2, 0) is 11.2 Å². The van der Waals surface area contributed by atoms with Crippen molar-refractivity contribution in [3.05, 3.63) is 53.2 Å². The van der Waals surface area contributed by atoms with Crippen molar-refractivity contribution in [2.24, 2.45) is 0 Å². The van der Waals surface area contributed by atoms with Crippen molar-refractivity contribution in [2.75, 3.05) is 13.7 Å². The second-order valence-electron chi connectivity index (χ2n) is 7.70. The monoisotopic (exact) mass is 430 g/mol. The quantitative estimate of drug-likeness (QED) is 0.384. The lowest BCUT2D eigenvalue weighted by atomic mass is 9.99. The first kappa shape index (κ1) is 21.5. The van der Waals surface area contributed by atoms with E-state index in [1.54, 1.807) is 13.2 Å². The summed E-state index contributed by atoms with van der Waals surface area (Å²) in [6, 6.07) is 11.4. The Morgan fingerprint density at radius 2 is 1.81 bits per heavy atom. The molecule has 0 saturated carbocycles. The molecule has 4 rings (SSSR count). The van der Waals surface area contributed by atoms with Gasteiger partial charge in [-0.15, -0.1) is 0 Å². The minimum atomic E-state index is -1.51. The number of hydrogen-bond donors (Lipinski definition) is 5. The maximum Gasteiger partial charge on any atom is 0.229 e. The molecule has 1 aromatic heterocycles. The zero-order valence-electron chi connectivity index (χ0n) is 17.2. The van der Waals surface area contributed by atoms with Crippen molar-refractivity contribution >= 4 is 10.9 Å². The lowest BCUT2D eigenvalue weighted by Gasteiger charge is -2.39. The molecule has 0 unspecified atom stereocenters. The van der Waals surface area contributed by atoms with Crippen molar-refractivity contribution < 1.29 is 34.6 Å². The third kappa shape index (κ3) is 4.23. The van der Waals surface area contributed by atoms with E-state index >= 15 is 0 Å². The molecule has 0 radical (unpaired) electrons. The molecular weight excluding hydrogens is 404 g/mol. The number of ether oxygens (including phenoxy) is 3. The number of aromatic amines is 1. The van der Waals surface area contributed by atoms with Crippen molar-refractivity contribution in [1.82, 2.24) is 10.2 Å². The van der Waals surface area contributed by atoms with Gasteiger partial charge in [-0.3, -0.25) is 5.10 Å². The molecule has 0 bridgehead atoms. The number of aromatic nitrogens is 2. The number of fused-ring (bicyclic) bond motifs is 1. The molecule has 5 N–H and O–H groups in total. The third-order valence-electron chi connectivity index (χ3n) is 5.47. The predicted molar refractivity (Wildman–Crippen MR) is 111 cm³/mol. The Morgan fingerprint density at radius 3 is 2.48 bits per heavy atom. The molecule has 5 atom stereocenters. The Hall–Kier alpha value is -2.69. The molecule has 31 heavy (non-hydrogen) atoms. The van der Waals surface area contributed by atoms with Crippen molar-refractivity contribution in [1.29, 1.82) is 0 Å². The summed E-state index contributed by atoms with van der Waals surface area (Å²) in [4.78, 5) is 0. The highest BCUT2D eigenvalue weighted by Gasteiger charge is 2.44. The minimum Gasteiger partial charge on any atom is -0.497 e. The van der Waals surface area contributed by atoms with Crippen LogP contribution < -0.4 is 9.47 Å². The normalized spacial score (nSPS) is 26.2. The molecule has 1 aliphatic rings. The molecule has 1 saturated heterocycles. The number of nitrogens with zero attached hydrogens (tertiary/aromatic N) is 1. The molecule has 0 aliphatic carbocycles. The number of aliphatic hydroxyl groups is 4. The average molecular weight is 430 g/mol. The summed E-state index contributed by atoms with van der Waals surface area (Å²) < 4.78 is 16.7. The second kappa shape index (κ2) is 8.81. The fourth-order valence-corrected chi connectivity index (χ4v) is 3.77. The smallest absolute Gasteiger partial charge is 0.229 e. The SMILES string of the molecule is COc1ccc(Cc2[nH]nc3cc(C)cc(O[C@@H]4O[C@H](CO)[C@@H](O)[C@H](O)[C@H]4O)c23)cc1. The molecule has 0 amide bonds. The maximum atomic E-state index is 10.4. The van der Waals surface area contributed by atoms with E-state index < -0.39 is 37.3 Å².